The smallest absolute Gasteiger partial charge is 0.343 e. The van der Waals surface area contributed by atoms with Gasteiger partial charge in [-0.05, 0) is 24.3 Å². The zero-order chi connectivity index (χ0) is 13.4. The van der Waals surface area contributed by atoms with Crippen molar-refractivity contribution in [2.24, 2.45) is 0 Å². The molecule has 6 nitrogen and oxygen atoms in total. The van der Waals surface area contributed by atoms with E-state index in [9.17, 15) is 9.59 Å². The highest BCUT2D eigenvalue weighted by Crippen LogP contribution is 2.07. The largest absolute Gasteiger partial charge is 0.512 e. The van der Waals surface area contributed by atoms with Gasteiger partial charge in [-0.15, -0.1) is 0 Å². The minimum absolute atomic E-state index is 0.211. The molecule has 94 valence electrons. The lowest BCUT2D eigenvalue weighted by Gasteiger charge is -2.01. The summed E-state index contributed by atoms with van der Waals surface area (Å²) >= 11 is 0. The maximum atomic E-state index is 11.3. The van der Waals surface area contributed by atoms with E-state index in [0.29, 0.717) is 12.5 Å². The minimum Gasteiger partial charge on any atom is -0.512 e. The van der Waals surface area contributed by atoms with Gasteiger partial charge in [0.05, 0.1) is 11.1 Å². The molecule has 0 heterocycles. The van der Waals surface area contributed by atoms with Crippen LogP contribution in [0.25, 0.3) is 0 Å². The van der Waals surface area contributed by atoms with Crippen molar-refractivity contribution < 1.29 is 29.3 Å². The highest BCUT2D eigenvalue weighted by molar-refractivity contribution is 5.93. The lowest BCUT2D eigenvalue weighted by Crippen LogP contribution is -2.04. The first kappa shape index (κ1) is 13.3. The van der Waals surface area contributed by atoms with Crippen LogP contribution in [0.4, 0.5) is 0 Å². The highest BCUT2D eigenvalue weighted by Gasteiger charge is 2.09. The van der Waals surface area contributed by atoms with Gasteiger partial charge in [-0.25, -0.2) is 9.59 Å². The van der Waals surface area contributed by atoms with Gasteiger partial charge in [-0.2, -0.15) is 0 Å². The van der Waals surface area contributed by atoms with E-state index in [-0.39, 0.29) is 11.1 Å². The standard InChI is InChI=1S/C12H10O6/c13-5-7-17-11(15)9-1-2-10(4-3-9)12(16)18-8-6-14/h1-8,13-14H. The molecule has 0 fully saturated rings. The number of rotatable bonds is 4. The zero-order valence-electron chi connectivity index (χ0n) is 9.15. The molecule has 6 heteroatoms. The van der Waals surface area contributed by atoms with Crippen LogP contribution < -0.4 is 0 Å². The second-order valence-electron chi connectivity index (χ2n) is 2.96. The quantitative estimate of drug-likeness (QED) is 0.627. The van der Waals surface area contributed by atoms with Gasteiger partial charge in [0, 0.05) is 0 Å². The molecule has 0 aromatic heterocycles. The van der Waals surface area contributed by atoms with Gasteiger partial charge in [-0.1, -0.05) is 0 Å². The lowest BCUT2D eigenvalue weighted by atomic mass is 10.1. The summed E-state index contributed by atoms with van der Waals surface area (Å²) in [7, 11) is 0. The number of carbonyl (C=O) groups excluding carboxylic acids is 2. The van der Waals surface area contributed by atoms with Crippen LogP contribution in [-0.2, 0) is 9.47 Å². The van der Waals surface area contributed by atoms with Crippen molar-refractivity contribution in [2.75, 3.05) is 0 Å². The number of benzene rings is 1. The van der Waals surface area contributed by atoms with Crippen molar-refractivity contribution in [3.63, 3.8) is 0 Å². The predicted octanol–water partition coefficient (Wildman–Crippen LogP) is 2.06. The number of hydrogen-bond acceptors (Lipinski definition) is 6. The molecule has 0 amide bonds. The lowest BCUT2D eigenvalue weighted by molar-refractivity contribution is 0.0643. The molecular formula is C12H10O6. The summed E-state index contributed by atoms with van der Waals surface area (Å²) in [6.45, 7) is 0. The average Bonchev–Trinajstić information content (AvgIpc) is 2.42. The summed E-state index contributed by atoms with van der Waals surface area (Å²) in [5.74, 6) is -1.34. The van der Waals surface area contributed by atoms with Gasteiger partial charge in [0.2, 0.25) is 0 Å². The van der Waals surface area contributed by atoms with Gasteiger partial charge in [0.25, 0.3) is 0 Å². The second kappa shape index (κ2) is 6.74. The van der Waals surface area contributed by atoms with E-state index in [0.717, 1.165) is 12.5 Å². The molecule has 0 spiro atoms. The fourth-order valence-corrected chi connectivity index (χ4v) is 1.06. The van der Waals surface area contributed by atoms with Crippen LogP contribution in [0.5, 0.6) is 0 Å². The van der Waals surface area contributed by atoms with Crippen molar-refractivity contribution in [2.45, 2.75) is 0 Å². The molecule has 1 aromatic carbocycles. The number of aliphatic hydroxyl groups excluding tert-OH is 2. The summed E-state index contributed by atoms with van der Waals surface area (Å²) in [6.07, 6.45) is 2.84. The molecule has 1 rings (SSSR count). The van der Waals surface area contributed by atoms with E-state index in [1.165, 1.54) is 24.3 Å². The van der Waals surface area contributed by atoms with Crippen molar-refractivity contribution in [1.29, 1.82) is 0 Å². The topological polar surface area (TPSA) is 93.1 Å². The molecule has 1 aromatic rings. The summed E-state index contributed by atoms with van der Waals surface area (Å²) < 4.78 is 9.03. The van der Waals surface area contributed by atoms with E-state index >= 15 is 0 Å². The number of hydrogen-bond donors (Lipinski definition) is 2. The Hall–Kier alpha value is -2.76. The van der Waals surface area contributed by atoms with Gasteiger partial charge in [-0.3, -0.25) is 0 Å². The Morgan fingerprint density at radius 3 is 1.44 bits per heavy atom. The first-order valence-corrected chi connectivity index (χ1v) is 4.79. The predicted molar refractivity (Wildman–Crippen MR) is 60.8 cm³/mol. The fraction of sp³-hybridized carbons (Fsp3) is 0. The monoisotopic (exact) mass is 250 g/mol. The summed E-state index contributed by atoms with van der Waals surface area (Å²) in [5, 5.41) is 16.6. The summed E-state index contributed by atoms with van der Waals surface area (Å²) in [4.78, 5) is 22.6. The summed E-state index contributed by atoms with van der Waals surface area (Å²) in [6, 6.07) is 5.47. The van der Waals surface area contributed by atoms with Gasteiger partial charge >= 0.3 is 11.9 Å². The van der Waals surface area contributed by atoms with E-state index in [4.69, 9.17) is 10.2 Å². The Morgan fingerprint density at radius 1 is 0.833 bits per heavy atom. The van der Waals surface area contributed by atoms with Gasteiger partial charge < -0.3 is 19.7 Å². The van der Waals surface area contributed by atoms with Crippen LogP contribution in [0.2, 0.25) is 0 Å². The molecule has 0 saturated heterocycles. The fourth-order valence-electron chi connectivity index (χ4n) is 1.06. The first-order valence-electron chi connectivity index (χ1n) is 4.79. The first-order chi connectivity index (χ1) is 8.69. The maximum Gasteiger partial charge on any atom is 0.343 e. The van der Waals surface area contributed by atoms with Gasteiger partial charge in [0.1, 0.15) is 25.0 Å². The Labute approximate surface area is 102 Å². The molecule has 0 unspecified atom stereocenters. The Bertz CT molecular complexity index is 427. The number of ether oxygens (including phenoxy) is 2. The van der Waals surface area contributed by atoms with Crippen molar-refractivity contribution in [3.8, 4) is 0 Å². The van der Waals surface area contributed by atoms with Crippen LogP contribution in [0.3, 0.4) is 0 Å². The number of esters is 2. The molecule has 0 radical (unpaired) electrons. The molecule has 2 N–H and O–H groups in total. The van der Waals surface area contributed by atoms with E-state index in [1.54, 1.807) is 0 Å². The van der Waals surface area contributed by atoms with E-state index < -0.39 is 11.9 Å². The Kier molecular flexibility index (Phi) is 4.98. The van der Waals surface area contributed by atoms with Crippen molar-refractivity contribution >= 4 is 11.9 Å². The number of carbonyl (C=O) groups is 2. The van der Waals surface area contributed by atoms with Gasteiger partial charge in [0.15, 0.2) is 0 Å². The van der Waals surface area contributed by atoms with Crippen LogP contribution >= 0.6 is 0 Å². The normalized spacial score (nSPS) is 10.7. The van der Waals surface area contributed by atoms with E-state index in [1.807, 2.05) is 0 Å². The highest BCUT2D eigenvalue weighted by atomic mass is 16.5. The Balaban J connectivity index is 2.73. The van der Waals surface area contributed by atoms with Crippen molar-refractivity contribution in [1.82, 2.24) is 0 Å². The molecule has 0 aliphatic carbocycles. The van der Waals surface area contributed by atoms with Crippen LogP contribution in [0.15, 0.2) is 49.3 Å². The van der Waals surface area contributed by atoms with Crippen LogP contribution in [0, 0.1) is 0 Å². The molecule has 0 aliphatic rings. The van der Waals surface area contributed by atoms with E-state index in [2.05, 4.69) is 9.47 Å². The van der Waals surface area contributed by atoms with Crippen LogP contribution in [-0.4, -0.2) is 22.2 Å². The van der Waals surface area contributed by atoms with Crippen molar-refractivity contribution in [3.05, 3.63) is 60.4 Å². The van der Waals surface area contributed by atoms with Crippen LogP contribution in [0.1, 0.15) is 20.7 Å². The average molecular weight is 250 g/mol. The third-order valence-electron chi connectivity index (χ3n) is 1.83. The minimum atomic E-state index is -0.671. The molecule has 0 saturated carbocycles. The SMILES string of the molecule is O=C(OC=CO)c1ccc(C(=O)OC=CO)cc1. The molecule has 0 atom stereocenters. The third kappa shape index (κ3) is 3.67. The Morgan fingerprint density at radius 2 is 1.17 bits per heavy atom. The zero-order valence-corrected chi connectivity index (χ0v) is 9.15. The molecule has 18 heavy (non-hydrogen) atoms. The second-order valence-corrected chi connectivity index (χ2v) is 2.96. The number of aliphatic hydroxyl groups is 2. The molecule has 0 bridgehead atoms. The molecular weight excluding hydrogens is 240 g/mol. The molecule has 0 aliphatic heterocycles. The third-order valence-corrected chi connectivity index (χ3v) is 1.83. The summed E-state index contributed by atoms with van der Waals surface area (Å²) in [5.41, 5.74) is 0.421. The maximum absolute atomic E-state index is 11.3.